The highest BCUT2D eigenvalue weighted by Crippen LogP contribution is 2.27. The molecule has 1 saturated carbocycles. The molecule has 2 aliphatic heterocycles. The molecular formula is C21H37N3O2. The van der Waals surface area contributed by atoms with Crippen LogP contribution >= 0.6 is 0 Å². The summed E-state index contributed by atoms with van der Waals surface area (Å²) in [5, 5.41) is 0. The van der Waals surface area contributed by atoms with Crippen molar-refractivity contribution in [3.8, 4) is 0 Å². The molecule has 0 bridgehead atoms. The van der Waals surface area contributed by atoms with Gasteiger partial charge in [-0.1, -0.05) is 33.1 Å². The molecule has 2 saturated heterocycles. The monoisotopic (exact) mass is 363 g/mol. The second kappa shape index (κ2) is 9.20. The molecule has 1 unspecified atom stereocenters. The molecule has 2 amide bonds. The van der Waals surface area contributed by atoms with Gasteiger partial charge in [-0.25, -0.2) is 0 Å². The summed E-state index contributed by atoms with van der Waals surface area (Å²) in [6.45, 7) is 9.51. The maximum absolute atomic E-state index is 12.7. The average Bonchev–Trinajstić information content (AvgIpc) is 3.01. The topological polar surface area (TPSA) is 43.9 Å². The van der Waals surface area contributed by atoms with Gasteiger partial charge < -0.3 is 9.80 Å². The van der Waals surface area contributed by atoms with Crippen LogP contribution in [0.5, 0.6) is 0 Å². The Morgan fingerprint density at radius 2 is 1.69 bits per heavy atom. The van der Waals surface area contributed by atoms with Gasteiger partial charge in [0.25, 0.3) is 0 Å². The highest BCUT2D eigenvalue weighted by Gasteiger charge is 2.37. The van der Waals surface area contributed by atoms with Gasteiger partial charge in [0.1, 0.15) is 0 Å². The fraction of sp³-hybridized carbons (Fsp3) is 0.905. The van der Waals surface area contributed by atoms with E-state index in [-0.39, 0.29) is 6.04 Å². The van der Waals surface area contributed by atoms with E-state index in [0.29, 0.717) is 23.7 Å². The summed E-state index contributed by atoms with van der Waals surface area (Å²) in [5.74, 6) is 1.90. The zero-order valence-electron chi connectivity index (χ0n) is 16.8. The van der Waals surface area contributed by atoms with E-state index in [1.54, 1.807) is 0 Å². The van der Waals surface area contributed by atoms with Crippen molar-refractivity contribution in [1.29, 1.82) is 0 Å². The first-order valence-corrected chi connectivity index (χ1v) is 10.8. The summed E-state index contributed by atoms with van der Waals surface area (Å²) in [7, 11) is 0. The minimum atomic E-state index is 0.0535. The Bertz CT molecular complexity index is 480. The van der Waals surface area contributed by atoms with E-state index in [4.69, 9.17) is 0 Å². The number of carbonyl (C=O) groups excluding carboxylic acids is 2. The fourth-order valence-corrected chi connectivity index (χ4v) is 4.75. The van der Waals surface area contributed by atoms with Crippen LogP contribution in [0.3, 0.4) is 0 Å². The SMILES string of the molecule is CC(C)CCN1CCC(N2CCN(C(=O)CC3CCCCC3)CC2)C1=O. The third-order valence-electron chi connectivity index (χ3n) is 6.54. The lowest BCUT2D eigenvalue weighted by Gasteiger charge is -2.38. The number of likely N-dealkylation sites (tertiary alicyclic amines) is 1. The van der Waals surface area contributed by atoms with Gasteiger partial charge in [0, 0.05) is 45.7 Å². The molecule has 0 aromatic rings. The van der Waals surface area contributed by atoms with Crippen LogP contribution in [0.2, 0.25) is 0 Å². The summed E-state index contributed by atoms with van der Waals surface area (Å²) in [4.78, 5) is 31.7. The van der Waals surface area contributed by atoms with Gasteiger partial charge >= 0.3 is 0 Å². The normalized spacial score (nSPS) is 26.1. The van der Waals surface area contributed by atoms with Crippen LogP contribution in [-0.4, -0.2) is 71.8 Å². The summed E-state index contributed by atoms with van der Waals surface area (Å²) < 4.78 is 0. The van der Waals surface area contributed by atoms with Gasteiger partial charge in [-0.3, -0.25) is 14.5 Å². The molecule has 5 heteroatoms. The molecule has 3 fully saturated rings. The van der Waals surface area contributed by atoms with Crippen LogP contribution in [0.1, 0.15) is 65.2 Å². The summed E-state index contributed by atoms with van der Waals surface area (Å²) in [6, 6.07) is 0.0535. The average molecular weight is 364 g/mol. The maximum atomic E-state index is 12.7. The van der Waals surface area contributed by atoms with E-state index in [1.807, 2.05) is 9.80 Å². The summed E-state index contributed by atoms with van der Waals surface area (Å²) >= 11 is 0. The first-order chi connectivity index (χ1) is 12.5. The molecule has 1 atom stereocenters. The van der Waals surface area contributed by atoms with Crippen LogP contribution in [-0.2, 0) is 9.59 Å². The molecule has 0 radical (unpaired) electrons. The summed E-state index contributed by atoms with van der Waals surface area (Å²) in [6.07, 6.45) is 9.17. The van der Waals surface area contributed by atoms with Crippen LogP contribution in [0.4, 0.5) is 0 Å². The lowest BCUT2D eigenvalue weighted by molar-refractivity contribution is -0.136. The molecule has 5 nitrogen and oxygen atoms in total. The lowest BCUT2D eigenvalue weighted by atomic mass is 9.86. The number of amides is 2. The van der Waals surface area contributed by atoms with E-state index < -0.39 is 0 Å². The predicted octanol–water partition coefficient (Wildman–Crippen LogP) is 2.75. The van der Waals surface area contributed by atoms with Crippen LogP contribution < -0.4 is 0 Å². The van der Waals surface area contributed by atoms with E-state index in [0.717, 1.165) is 58.5 Å². The van der Waals surface area contributed by atoms with Gasteiger partial charge in [-0.2, -0.15) is 0 Å². The van der Waals surface area contributed by atoms with Crippen molar-refractivity contribution in [3.05, 3.63) is 0 Å². The quantitative estimate of drug-likeness (QED) is 0.729. The first-order valence-electron chi connectivity index (χ1n) is 10.8. The Labute approximate surface area is 159 Å². The van der Waals surface area contributed by atoms with Gasteiger partial charge in [0.05, 0.1) is 6.04 Å². The standard InChI is InChI=1S/C21H37N3O2/c1-17(2)8-10-24-11-9-19(21(24)26)22-12-14-23(15-13-22)20(25)16-18-6-4-3-5-7-18/h17-19H,3-16H2,1-2H3. The van der Waals surface area contributed by atoms with Crippen molar-refractivity contribution < 1.29 is 9.59 Å². The van der Waals surface area contributed by atoms with Crippen molar-refractivity contribution in [1.82, 2.24) is 14.7 Å². The lowest BCUT2D eigenvalue weighted by Crippen LogP contribution is -2.54. The van der Waals surface area contributed by atoms with Crippen molar-refractivity contribution in [2.24, 2.45) is 11.8 Å². The molecule has 26 heavy (non-hydrogen) atoms. The van der Waals surface area contributed by atoms with Gasteiger partial charge in [-0.05, 0) is 37.5 Å². The molecule has 1 aliphatic carbocycles. The molecule has 3 rings (SSSR count). The highest BCUT2D eigenvalue weighted by atomic mass is 16.2. The maximum Gasteiger partial charge on any atom is 0.239 e. The van der Waals surface area contributed by atoms with E-state index in [1.165, 1.54) is 32.1 Å². The minimum absolute atomic E-state index is 0.0535. The number of piperazine rings is 1. The number of carbonyl (C=O) groups is 2. The van der Waals surface area contributed by atoms with Gasteiger partial charge in [0.2, 0.25) is 11.8 Å². The summed E-state index contributed by atoms with van der Waals surface area (Å²) in [5.41, 5.74) is 0. The Morgan fingerprint density at radius 3 is 2.35 bits per heavy atom. The Morgan fingerprint density at radius 1 is 1.00 bits per heavy atom. The molecule has 0 aromatic heterocycles. The third kappa shape index (κ3) is 4.99. The zero-order chi connectivity index (χ0) is 18.5. The van der Waals surface area contributed by atoms with Crippen LogP contribution in [0, 0.1) is 11.8 Å². The number of hydrogen-bond donors (Lipinski definition) is 0. The first kappa shape index (κ1) is 19.7. The van der Waals surface area contributed by atoms with Crippen LogP contribution in [0.15, 0.2) is 0 Å². The smallest absolute Gasteiger partial charge is 0.239 e. The van der Waals surface area contributed by atoms with E-state index in [2.05, 4.69) is 18.7 Å². The zero-order valence-corrected chi connectivity index (χ0v) is 16.8. The Balaban J connectivity index is 1.42. The molecule has 3 aliphatic rings. The predicted molar refractivity (Wildman–Crippen MR) is 104 cm³/mol. The Kier molecular flexibility index (Phi) is 6.96. The van der Waals surface area contributed by atoms with E-state index in [9.17, 15) is 9.59 Å². The van der Waals surface area contributed by atoms with Crippen molar-refractivity contribution in [2.45, 2.75) is 71.3 Å². The second-order valence-electron chi connectivity index (χ2n) is 8.94. The van der Waals surface area contributed by atoms with Crippen molar-refractivity contribution in [3.63, 3.8) is 0 Å². The molecule has 2 heterocycles. The Hall–Kier alpha value is -1.10. The van der Waals surface area contributed by atoms with Crippen molar-refractivity contribution >= 4 is 11.8 Å². The van der Waals surface area contributed by atoms with Crippen molar-refractivity contribution in [2.75, 3.05) is 39.3 Å². The number of nitrogens with zero attached hydrogens (tertiary/aromatic N) is 3. The molecule has 0 N–H and O–H groups in total. The second-order valence-corrected chi connectivity index (χ2v) is 8.94. The van der Waals surface area contributed by atoms with Gasteiger partial charge in [0.15, 0.2) is 0 Å². The number of hydrogen-bond acceptors (Lipinski definition) is 3. The van der Waals surface area contributed by atoms with Crippen LogP contribution in [0.25, 0.3) is 0 Å². The fourth-order valence-electron chi connectivity index (χ4n) is 4.75. The molecular weight excluding hydrogens is 326 g/mol. The largest absolute Gasteiger partial charge is 0.341 e. The minimum Gasteiger partial charge on any atom is -0.341 e. The number of rotatable bonds is 6. The molecule has 0 spiro atoms. The third-order valence-corrected chi connectivity index (χ3v) is 6.54. The molecule has 148 valence electrons. The van der Waals surface area contributed by atoms with Gasteiger partial charge in [-0.15, -0.1) is 0 Å². The molecule has 0 aromatic carbocycles. The highest BCUT2D eigenvalue weighted by molar-refractivity contribution is 5.84. The van der Waals surface area contributed by atoms with E-state index >= 15 is 0 Å².